The molecule has 1 aliphatic rings. The Balaban J connectivity index is 2.35. The monoisotopic (exact) mass is 269 g/mol. The zero-order valence-corrected chi connectivity index (χ0v) is 11.6. The van der Waals surface area contributed by atoms with Crippen LogP contribution in [-0.2, 0) is 10.0 Å². The number of pyridine rings is 1. The molecule has 1 aromatic rings. The van der Waals surface area contributed by atoms with Crippen LogP contribution in [0.3, 0.4) is 0 Å². The van der Waals surface area contributed by atoms with E-state index in [0.717, 1.165) is 12.8 Å². The van der Waals surface area contributed by atoms with Crippen LogP contribution in [0.5, 0.6) is 0 Å². The first-order chi connectivity index (χ1) is 8.55. The quantitative estimate of drug-likeness (QED) is 0.904. The summed E-state index contributed by atoms with van der Waals surface area (Å²) in [6.45, 7) is 3.26. The summed E-state index contributed by atoms with van der Waals surface area (Å²) in [5, 5.41) is 3.01. The van der Waals surface area contributed by atoms with Gasteiger partial charge in [-0.05, 0) is 30.9 Å². The van der Waals surface area contributed by atoms with Crippen molar-refractivity contribution in [2.45, 2.75) is 24.8 Å². The van der Waals surface area contributed by atoms with Gasteiger partial charge in [-0.2, -0.15) is 4.31 Å². The SMILES string of the molecule is CNc1cccnc1S(=O)(=O)N1CCCC(C)C1. The van der Waals surface area contributed by atoms with Crippen molar-refractivity contribution in [2.75, 3.05) is 25.5 Å². The van der Waals surface area contributed by atoms with Crippen LogP contribution in [0.25, 0.3) is 0 Å². The summed E-state index contributed by atoms with van der Waals surface area (Å²) in [4.78, 5) is 4.03. The van der Waals surface area contributed by atoms with Crippen molar-refractivity contribution in [1.29, 1.82) is 0 Å². The van der Waals surface area contributed by atoms with Gasteiger partial charge in [0.25, 0.3) is 10.0 Å². The average Bonchev–Trinajstić information content (AvgIpc) is 2.38. The van der Waals surface area contributed by atoms with Crippen molar-refractivity contribution in [2.24, 2.45) is 5.92 Å². The Morgan fingerprint density at radius 1 is 1.50 bits per heavy atom. The van der Waals surface area contributed by atoms with E-state index in [2.05, 4.69) is 17.2 Å². The fraction of sp³-hybridized carbons (Fsp3) is 0.583. The van der Waals surface area contributed by atoms with E-state index in [1.807, 2.05) is 0 Å². The lowest BCUT2D eigenvalue weighted by Crippen LogP contribution is -2.39. The third-order valence-electron chi connectivity index (χ3n) is 3.24. The molecule has 0 bridgehead atoms. The van der Waals surface area contributed by atoms with Crippen LogP contribution < -0.4 is 5.32 Å². The molecule has 100 valence electrons. The molecule has 1 unspecified atom stereocenters. The molecule has 0 aromatic carbocycles. The molecule has 0 saturated carbocycles. The highest BCUT2D eigenvalue weighted by Gasteiger charge is 2.31. The number of piperidine rings is 1. The second kappa shape index (κ2) is 5.24. The fourth-order valence-electron chi connectivity index (χ4n) is 2.27. The van der Waals surface area contributed by atoms with E-state index in [9.17, 15) is 8.42 Å². The topological polar surface area (TPSA) is 62.3 Å². The first-order valence-electron chi connectivity index (χ1n) is 6.18. The maximum atomic E-state index is 12.5. The molecule has 2 rings (SSSR count). The number of nitrogens with one attached hydrogen (secondary N) is 1. The molecule has 1 atom stereocenters. The molecule has 1 N–H and O–H groups in total. The molecular weight excluding hydrogens is 250 g/mol. The number of aromatic nitrogens is 1. The zero-order valence-electron chi connectivity index (χ0n) is 10.8. The molecule has 1 saturated heterocycles. The van der Waals surface area contributed by atoms with Gasteiger partial charge < -0.3 is 5.32 Å². The van der Waals surface area contributed by atoms with E-state index in [-0.39, 0.29) is 5.03 Å². The predicted octanol–water partition coefficient (Wildman–Crippen LogP) is 1.54. The van der Waals surface area contributed by atoms with Crippen molar-refractivity contribution in [3.63, 3.8) is 0 Å². The van der Waals surface area contributed by atoms with Gasteiger partial charge in [-0.3, -0.25) is 0 Å². The normalized spacial score (nSPS) is 21.8. The van der Waals surface area contributed by atoms with Gasteiger partial charge in [0.15, 0.2) is 5.03 Å². The van der Waals surface area contributed by atoms with Crippen molar-refractivity contribution in [3.8, 4) is 0 Å². The van der Waals surface area contributed by atoms with Crippen LogP contribution in [0, 0.1) is 5.92 Å². The molecule has 1 aromatic heterocycles. The Morgan fingerprint density at radius 3 is 2.94 bits per heavy atom. The molecule has 18 heavy (non-hydrogen) atoms. The van der Waals surface area contributed by atoms with Crippen molar-refractivity contribution < 1.29 is 8.42 Å². The van der Waals surface area contributed by atoms with Gasteiger partial charge in [-0.15, -0.1) is 0 Å². The number of hydrogen-bond donors (Lipinski definition) is 1. The lowest BCUT2D eigenvalue weighted by molar-refractivity contribution is 0.280. The van der Waals surface area contributed by atoms with E-state index < -0.39 is 10.0 Å². The molecule has 6 heteroatoms. The van der Waals surface area contributed by atoms with Crippen molar-refractivity contribution in [3.05, 3.63) is 18.3 Å². The molecule has 1 fully saturated rings. The molecule has 0 amide bonds. The summed E-state index contributed by atoms with van der Waals surface area (Å²) < 4.78 is 26.6. The van der Waals surface area contributed by atoms with Crippen molar-refractivity contribution >= 4 is 15.7 Å². The van der Waals surface area contributed by atoms with Crippen molar-refractivity contribution in [1.82, 2.24) is 9.29 Å². The zero-order chi connectivity index (χ0) is 13.2. The van der Waals surface area contributed by atoms with E-state index in [1.54, 1.807) is 23.5 Å². The van der Waals surface area contributed by atoms with Crippen LogP contribution in [0.15, 0.2) is 23.4 Å². The number of nitrogens with zero attached hydrogens (tertiary/aromatic N) is 2. The fourth-order valence-corrected chi connectivity index (χ4v) is 3.98. The van der Waals surface area contributed by atoms with E-state index in [4.69, 9.17) is 0 Å². The summed E-state index contributed by atoms with van der Waals surface area (Å²) in [5.74, 6) is 0.412. The van der Waals surface area contributed by atoms with Gasteiger partial charge in [-0.1, -0.05) is 6.92 Å². The van der Waals surface area contributed by atoms with E-state index >= 15 is 0 Å². The minimum absolute atomic E-state index is 0.126. The summed E-state index contributed by atoms with van der Waals surface area (Å²) in [7, 11) is -1.77. The van der Waals surface area contributed by atoms with E-state index in [1.165, 1.54) is 6.20 Å². The standard InChI is InChI=1S/C12H19N3O2S/c1-10-5-4-8-15(9-10)18(16,17)12-11(13-2)6-3-7-14-12/h3,6-7,10,13H,4-5,8-9H2,1-2H3. The molecular formula is C12H19N3O2S. The predicted molar refractivity (Wildman–Crippen MR) is 70.9 cm³/mol. The minimum Gasteiger partial charge on any atom is -0.386 e. The van der Waals surface area contributed by atoms with Gasteiger partial charge in [-0.25, -0.2) is 13.4 Å². The number of sulfonamides is 1. The first-order valence-corrected chi connectivity index (χ1v) is 7.62. The van der Waals surface area contributed by atoms with Gasteiger partial charge >= 0.3 is 0 Å². The lowest BCUT2D eigenvalue weighted by atomic mass is 10.0. The maximum Gasteiger partial charge on any atom is 0.262 e. The second-order valence-electron chi connectivity index (χ2n) is 4.72. The Bertz CT molecular complexity index is 516. The van der Waals surface area contributed by atoms with Crippen LogP contribution in [-0.4, -0.2) is 37.8 Å². The second-order valence-corrected chi connectivity index (χ2v) is 6.57. The Hall–Kier alpha value is -1.14. The van der Waals surface area contributed by atoms with Crippen LogP contribution in [0.2, 0.25) is 0 Å². The third kappa shape index (κ3) is 2.49. The highest BCUT2D eigenvalue weighted by atomic mass is 32.2. The Labute approximate surface area is 108 Å². The third-order valence-corrected chi connectivity index (χ3v) is 5.07. The average molecular weight is 269 g/mol. The summed E-state index contributed by atoms with van der Waals surface area (Å²) >= 11 is 0. The maximum absolute atomic E-state index is 12.5. The molecule has 5 nitrogen and oxygen atoms in total. The number of hydrogen-bond acceptors (Lipinski definition) is 4. The summed E-state index contributed by atoms with van der Waals surface area (Å²) in [6, 6.07) is 3.46. The van der Waals surface area contributed by atoms with Crippen LogP contribution in [0.4, 0.5) is 5.69 Å². The van der Waals surface area contributed by atoms with Gasteiger partial charge in [0.2, 0.25) is 0 Å². The minimum atomic E-state index is -3.48. The smallest absolute Gasteiger partial charge is 0.262 e. The van der Waals surface area contributed by atoms with Gasteiger partial charge in [0, 0.05) is 26.3 Å². The summed E-state index contributed by atoms with van der Waals surface area (Å²) in [6.07, 6.45) is 3.52. The van der Waals surface area contributed by atoms with Gasteiger partial charge in [0.1, 0.15) is 0 Å². The molecule has 0 radical (unpaired) electrons. The highest BCUT2D eigenvalue weighted by Crippen LogP contribution is 2.26. The molecule has 2 heterocycles. The van der Waals surface area contributed by atoms with Crippen LogP contribution >= 0.6 is 0 Å². The summed E-state index contributed by atoms with van der Waals surface area (Å²) in [5.41, 5.74) is 0.552. The first kappa shape index (κ1) is 13.3. The number of rotatable bonds is 3. The molecule has 0 aliphatic carbocycles. The lowest BCUT2D eigenvalue weighted by Gasteiger charge is -2.30. The molecule has 0 spiro atoms. The number of anilines is 1. The van der Waals surface area contributed by atoms with Gasteiger partial charge in [0.05, 0.1) is 5.69 Å². The Kier molecular flexibility index (Phi) is 3.87. The largest absolute Gasteiger partial charge is 0.386 e. The van der Waals surface area contributed by atoms with E-state index in [0.29, 0.717) is 24.7 Å². The Morgan fingerprint density at radius 2 is 2.28 bits per heavy atom. The molecule has 1 aliphatic heterocycles. The highest BCUT2D eigenvalue weighted by molar-refractivity contribution is 7.89. The van der Waals surface area contributed by atoms with Crippen LogP contribution in [0.1, 0.15) is 19.8 Å².